The highest BCUT2D eigenvalue weighted by Crippen LogP contribution is 2.33. The molecule has 0 aromatic rings. The zero-order valence-corrected chi connectivity index (χ0v) is 39.5. The van der Waals surface area contributed by atoms with Crippen molar-refractivity contribution < 1.29 is 89.4 Å². The van der Waals surface area contributed by atoms with Crippen LogP contribution in [0.2, 0.25) is 0 Å². The summed E-state index contributed by atoms with van der Waals surface area (Å²) < 4.78 is 33.9. The van der Waals surface area contributed by atoms with Crippen LogP contribution < -0.4 is 5.32 Å². The van der Waals surface area contributed by atoms with Crippen LogP contribution in [0.5, 0.6) is 0 Å². The fourth-order valence-corrected chi connectivity index (χ4v) is 7.68. The molecular formula is C49H81NO18. The van der Waals surface area contributed by atoms with Crippen LogP contribution in [0, 0.1) is 0 Å². The Labute approximate surface area is 400 Å². The van der Waals surface area contributed by atoms with E-state index in [0.29, 0.717) is 19.3 Å². The first kappa shape index (κ1) is 59.5. The number of carbonyl (C=O) groups is 1. The lowest BCUT2D eigenvalue weighted by molar-refractivity contribution is -0.379. The Hall–Kier alpha value is -2.77. The maximum atomic E-state index is 13.1. The second-order valence-electron chi connectivity index (χ2n) is 17.2. The molecule has 17 atom stereocenters. The van der Waals surface area contributed by atoms with Crippen molar-refractivity contribution in [1.29, 1.82) is 0 Å². The van der Waals surface area contributed by atoms with Crippen molar-refractivity contribution in [2.24, 2.45) is 0 Å². The SMILES string of the molecule is CC/C=C\C/C=C\C/C=C\C/C=C\CCC(=O)NC(COC1OC(CO)C(OC2OC(CO)C(OC3OC(CO)C(O)C(O)C3O)C(O)C2O)C(O)C1O)C(O)/C=C/CC/C=C/CCCCCC. The number of aliphatic hydroxyl groups is 11. The Morgan fingerprint density at radius 2 is 1.03 bits per heavy atom. The topological polar surface area (TPSA) is 307 Å². The van der Waals surface area contributed by atoms with Gasteiger partial charge < -0.3 is 89.9 Å². The van der Waals surface area contributed by atoms with E-state index >= 15 is 0 Å². The third-order valence-electron chi connectivity index (χ3n) is 11.8. The Morgan fingerprint density at radius 3 is 1.60 bits per heavy atom. The summed E-state index contributed by atoms with van der Waals surface area (Å²) in [6.07, 6.45) is 8.08. The first-order valence-corrected chi connectivity index (χ1v) is 24.2. The molecule has 0 aromatic carbocycles. The van der Waals surface area contributed by atoms with Crippen LogP contribution in [-0.2, 0) is 33.2 Å². The predicted molar refractivity (Wildman–Crippen MR) is 249 cm³/mol. The van der Waals surface area contributed by atoms with Gasteiger partial charge in [0.05, 0.1) is 38.6 Å². The zero-order chi connectivity index (χ0) is 49.8. The zero-order valence-electron chi connectivity index (χ0n) is 39.5. The first-order chi connectivity index (χ1) is 32.8. The number of hydrogen-bond acceptors (Lipinski definition) is 18. The third-order valence-corrected chi connectivity index (χ3v) is 11.8. The molecule has 0 aromatic heterocycles. The van der Waals surface area contributed by atoms with Gasteiger partial charge in [-0.25, -0.2) is 0 Å². The Kier molecular flexibility index (Phi) is 29.5. The van der Waals surface area contributed by atoms with Crippen LogP contribution in [0.1, 0.15) is 97.3 Å². The summed E-state index contributed by atoms with van der Waals surface area (Å²) in [5.74, 6) is -0.374. The Balaban J connectivity index is 1.61. The monoisotopic (exact) mass is 972 g/mol. The van der Waals surface area contributed by atoms with Crippen molar-refractivity contribution in [3.8, 4) is 0 Å². The standard InChI is InChI=1S/C49H81NO18/c1-3-5-7-9-11-13-15-16-17-19-21-23-25-27-37(55)50-32(33(54)26-24-22-20-18-14-12-10-8-6-4-2)31-63-47-43(61)40(58)45(35(29-52)65-47)68-49-44(62)41(59)46(36(30-53)66-49)67-48-42(60)39(57)38(56)34(28-51)64-48/h5,7,11,13-14,16-18,21,23-24,26,32-36,38-49,51-54,56-62H,3-4,6,8-10,12,15,19-20,22,25,27-31H2,1-2H3,(H,50,55)/b7-5-,13-11-,17-16-,18-14+,23-21-,26-24+. The number of hydrogen-bond donors (Lipinski definition) is 12. The number of allylic oxidation sites excluding steroid dienone is 11. The van der Waals surface area contributed by atoms with Crippen molar-refractivity contribution >= 4 is 5.91 Å². The molecule has 3 aliphatic rings. The van der Waals surface area contributed by atoms with E-state index in [1.54, 1.807) is 12.2 Å². The van der Waals surface area contributed by atoms with Gasteiger partial charge in [0.15, 0.2) is 18.9 Å². The predicted octanol–water partition coefficient (Wildman–Crippen LogP) is 0.745. The summed E-state index contributed by atoms with van der Waals surface area (Å²) in [6.45, 7) is 1.41. The lowest BCUT2D eigenvalue weighted by Gasteiger charge is -2.48. The third kappa shape index (κ3) is 19.8. The summed E-state index contributed by atoms with van der Waals surface area (Å²) in [7, 11) is 0. The number of aliphatic hydroxyl groups excluding tert-OH is 11. The van der Waals surface area contributed by atoms with Crippen LogP contribution in [0.4, 0.5) is 0 Å². The molecule has 19 heteroatoms. The van der Waals surface area contributed by atoms with E-state index < -0.39 is 131 Å². The molecule has 3 aliphatic heterocycles. The molecule has 1 amide bonds. The van der Waals surface area contributed by atoms with Gasteiger partial charge in [-0.05, 0) is 57.8 Å². The quantitative estimate of drug-likeness (QED) is 0.0337. The van der Waals surface area contributed by atoms with Crippen molar-refractivity contribution in [2.75, 3.05) is 26.4 Å². The van der Waals surface area contributed by atoms with E-state index in [4.69, 9.17) is 28.4 Å². The van der Waals surface area contributed by atoms with Gasteiger partial charge in [0.1, 0.15) is 73.2 Å². The summed E-state index contributed by atoms with van der Waals surface area (Å²) >= 11 is 0. The van der Waals surface area contributed by atoms with Crippen molar-refractivity contribution in [1.82, 2.24) is 5.32 Å². The van der Waals surface area contributed by atoms with Crippen LogP contribution in [0.25, 0.3) is 0 Å². The Morgan fingerprint density at radius 1 is 0.544 bits per heavy atom. The molecule has 3 fully saturated rings. The van der Waals surface area contributed by atoms with Gasteiger partial charge in [0.25, 0.3) is 0 Å². The number of rotatable bonds is 31. The molecule has 3 saturated heterocycles. The van der Waals surface area contributed by atoms with E-state index in [1.165, 1.54) is 19.3 Å². The lowest BCUT2D eigenvalue weighted by atomic mass is 9.96. The summed E-state index contributed by atoms with van der Waals surface area (Å²) in [4.78, 5) is 13.1. The first-order valence-electron chi connectivity index (χ1n) is 24.2. The summed E-state index contributed by atoms with van der Waals surface area (Å²) in [6, 6.07) is -1.03. The van der Waals surface area contributed by atoms with Gasteiger partial charge in [-0.15, -0.1) is 0 Å². The summed E-state index contributed by atoms with van der Waals surface area (Å²) in [5, 5.41) is 119. The molecule has 390 valence electrons. The maximum Gasteiger partial charge on any atom is 0.220 e. The van der Waals surface area contributed by atoms with Crippen LogP contribution in [0.15, 0.2) is 72.9 Å². The second-order valence-corrected chi connectivity index (χ2v) is 17.2. The lowest BCUT2D eigenvalue weighted by Crippen LogP contribution is -2.66. The molecule has 3 heterocycles. The molecular weight excluding hydrogens is 891 g/mol. The van der Waals surface area contributed by atoms with Crippen LogP contribution in [-0.4, -0.2) is 193 Å². The highest BCUT2D eigenvalue weighted by Gasteiger charge is 2.53. The van der Waals surface area contributed by atoms with E-state index in [9.17, 15) is 61.0 Å². The van der Waals surface area contributed by atoms with Gasteiger partial charge in [-0.1, -0.05) is 106 Å². The number of unbranched alkanes of at least 4 members (excludes halogenated alkanes) is 5. The molecule has 0 spiro atoms. The van der Waals surface area contributed by atoms with Crippen LogP contribution >= 0.6 is 0 Å². The molecule has 0 bridgehead atoms. The molecule has 0 radical (unpaired) electrons. The maximum absolute atomic E-state index is 13.1. The van der Waals surface area contributed by atoms with Gasteiger partial charge >= 0.3 is 0 Å². The van der Waals surface area contributed by atoms with Crippen molar-refractivity contribution in [3.05, 3.63) is 72.9 Å². The Bertz CT molecular complexity index is 1540. The summed E-state index contributed by atoms with van der Waals surface area (Å²) in [5.41, 5.74) is 0. The van der Waals surface area contributed by atoms with Gasteiger partial charge in [-0.3, -0.25) is 4.79 Å². The van der Waals surface area contributed by atoms with E-state index in [1.807, 2.05) is 18.2 Å². The number of ether oxygens (including phenoxy) is 6. The minimum Gasteiger partial charge on any atom is -0.394 e. The molecule has 12 N–H and O–H groups in total. The molecule has 0 aliphatic carbocycles. The molecule has 0 saturated carbocycles. The van der Waals surface area contributed by atoms with Gasteiger partial charge in [0.2, 0.25) is 5.91 Å². The van der Waals surface area contributed by atoms with Gasteiger partial charge in [-0.2, -0.15) is 0 Å². The van der Waals surface area contributed by atoms with E-state index in [-0.39, 0.29) is 12.3 Å². The minimum absolute atomic E-state index is 0.110. The second kappa shape index (κ2) is 33.7. The number of amides is 1. The van der Waals surface area contributed by atoms with Crippen molar-refractivity contribution in [2.45, 2.75) is 202 Å². The van der Waals surface area contributed by atoms with Crippen molar-refractivity contribution in [3.63, 3.8) is 0 Å². The van der Waals surface area contributed by atoms with Gasteiger partial charge in [0, 0.05) is 6.42 Å². The minimum atomic E-state index is -1.99. The van der Waals surface area contributed by atoms with E-state index in [0.717, 1.165) is 38.5 Å². The fraction of sp³-hybridized carbons (Fsp3) is 0.735. The molecule has 17 unspecified atom stereocenters. The number of nitrogens with one attached hydrogen (secondary N) is 1. The largest absolute Gasteiger partial charge is 0.394 e. The van der Waals surface area contributed by atoms with E-state index in [2.05, 4.69) is 61.7 Å². The highest BCUT2D eigenvalue weighted by atomic mass is 16.8. The highest BCUT2D eigenvalue weighted by molar-refractivity contribution is 5.76. The van der Waals surface area contributed by atoms with Crippen LogP contribution in [0.3, 0.4) is 0 Å². The fourth-order valence-electron chi connectivity index (χ4n) is 7.68. The molecule has 19 nitrogen and oxygen atoms in total. The smallest absolute Gasteiger partial charge is 0.220 e. The normalized spacial score (nSPS) is 33.8. The number of carbonyl (C=O) groups excluding carboxylic acids is 1. The average molecular weight is 972 g/mol. The average Bonchev–Trinajstić information content (AvgIpc) is 3.33. The molecule has 3 rings (SSSR count). The molecule has 68 heavy (non-hydrogen) atoms.